The van der Waals surface area contributed by atoms with E-state index in [0.717, 1.165) is 24.5 Å². The predicted octanol–water partition coefficient (Wildman–Crippen LogP) is 1.10. The van der Waals surface area contributed by atoms with Crippen molar-refractivity contribution in [2.45, 2.75) is 26.4 Å². The molecule has 0 unspecified atom stereocenters. The molecule has 19 heavy (non-hydrogen) atoms. The fourth-order valence-electron chi connectivity index (χ4n) is 2.35. The summed E-state index contributed by atoms with van der Waals surface area (Å²) in [5.74, 6) is 0.830. The number of pyridine rings is 1. The largest absolute Gasteiger partial charge is 0.409 e. The monoisotopic (exact) mass is 264 g/mol. The number of anilines is 1. The molecule has 2 rings (SSSR count). The highest BCUT2D eigenvalue weighted by Crippen LogP contribution is 2.26. The molecule has 0 bridgehead atoms. The molecule has 0 amide bonds. The molecule has 0 saturated carbocycles. The number of nitrogens with two attached hydrogens (primary N) is 1. The Labute approximate surface area is 112 Å². The lowest BCUT2D eigenvalue weighted by molar-refractivity contribution is -0.0279. The molecule has 0 atom stereocenters. The van der Waals surface area contributed by atoms with Gasteiger partial charge in [-0.15, -0.1) is 0 Å². The third-order valence-corrected chi connectivity index (χ3v) is 3.23. The Morgan fingerprint density at radius 2 is 2.32 bits per heavy atom. The average Bonchev–Trinajstić information content (AvgIpc) is 2.36. The number of aryl methyl sites for hydroxylation is 1. The van der Waals surface area contributed by atoms with Gasteiger partial charge in [-0.05, 0) is 32.4 Å². The molecule has 1 fully saturated rings. The van der Waals surface area contributed by atoms with Gasteiger partial charge in [0, 0.05) is 19.3 Å². The van der Waals surface area contributed by atoms with E-state index >= 15 is 0 Å². The van der Waals surface area contributed by atoms with Crippen molar-refractivity contribution in [1.29, 1.82) is 0 Å². The molecule has 0 radical (unpaired) electrons. The zero-order chi connectivity index (χ0) is 14.0. The number of oxime groups is 1. The Morgan fingerprint density at radius 1 is 1.58 bits per heavy atom. The van der Waals surface area contributed by atoms with E-state index in [-0.39, 0.29) is 11.4 Å². The molecule has 1 aliphatic heterocycles. The molecule has 0 aliphatic carbocycles. The minimum absolute atomic E-state index is 0.0879. The lowest BCUT2D eigenvalue weighted by Gasteiger charge is -2.39. The molecule has 3 N–H and O–H groups in total. The second-order valence-corrected chi connectivity index (χ2v) is 5.34. The number of ether oxygens (including phenoxy) is 1. The molecular weight excluding hydrogens is 244 g/mol. The van der Waals surface area contributed by atoms with Gasteiger partial charge in [-0.3, -0.25) is 0 Å². The summed E-state index contributed by atoms with van der Waals surface area (Å²) < 4.78 is 5.69. The third kappa shape index (κ3) is 2.78. The van der Waals surface area contributed by atoms with Crippen LogP contribution in [0.5, 0.6) is 0 Å². The molecule has 1 saturated heterocycles. The van der Waals surface area contributed by atoms with Crippen LogP contribution in [0.1, 0.15) is 25.0 Å². The van der Waals surface area contributed by atoms with Crippen molar-refractivity contribution >= 4 is 11.7 Å². The summed E-state index contributed by atoms with van der Waals surface area (Å²) in [6.07, 6.45) is 1.74. The molecule has 0 aromatic carbocycles. The topological polar surface area (TPSA) is 84.0 Å². The minimum atomic E-state index is -0.230. The zero-order valence-corrected chi connectivity index (χ0v) is 11.6. The van der Waals surface area contributed by atoms with E-state index in [9.17, 15) is 0 Å². The smallest absolute Gasteiger partial charge is 0.174 e. The van der Waals surface area contributed by atoms with E-state index in [0.29, 0.717) is 12.2 Å². The average molecular weight is 264 g/mol. The molecule has 104 valence electrons. The maximum absolute atomic E-state index is 8.93. The second-order valence-electron chi connectivity index (χ2n) is 5.34. The van der Waals surface area contributed by atoms with E-state index in [1.54, 1.807) is 6.20 Å². The fourth-order valence-corrected chi connectivity index (χ4v) is 2.35. The summed E-state index contributed by atoms with van der Waals surface area (Å²) in [6.45, 7) is 8.10. The normalized spacial score (nSPS) is 19.5. The summed E-state index contributed by atoms with van der Waals surface area (Å²) in [4.78, 5) is 6.51. The first-order chi connectivity index (χ1) is 8.94. The van der Waals surface area contributed by atoms with E-state index in [2.05, 4.69) is 15.0 Å². The molecular formula is C13H20N4O2. The van der Waals surface area contributed by atoms with Crippen LogP contribution >= 0.6 is 0 Å². The molecule has 6 nitrogen and oxygen atoms in total. The van der Waals surface area contributed by atoms with Gasteiger partial charge < -0.3 is 20.6 Å². The van der Waals surface area contributed by atoms with Crippen LogP contribution in [0, 0.1) is 6.92 Å². The van der Waals surface area contributed by atoms with Crippen LogP contribution in [-0.4, -0.2) is 41.3 Å². The van der Waals surface area contributed by atoms with Crippen LogP contribution in [0.4, 0.5) is 5.82 Å². The van der Waals surface area contributed by atoms with Crippen LogP contribution in [0.3, 0.4) is 0 Å². The molecule has 0 spiro atoms. The van der Waals surface area contributed by atoms with Crippen LogP contribution in [0.2, 0.25) is 0 Å². The van der Waals surface area contributed by atoms with Gasteiger partial charge in [-0.2, -0.15) is 0 Å². The minimum Gasteiger partial charge on any atom is -0.409 e. The Balaban J connectivity index is 2.42. The quantitative estimate of drug-likeness (QED) is 0.362. The standard InChI is InChI=1S/C13H20N4O2/c1-9-4-5-15-12(10(9)11(14)16-18)17-6-7-19-13(2,3)8-17/h4-5,18H,6-8H2,1-3H3,(H2,14,16). The zero-order valence-electron chi connectivity index (χ0n) is 11.6. The van der Waals surface area contributed by atoms with Gasteiger partial charge in [0.05, 0.1) is 17.8 Å². The van der Waals surface area contributed by atoms with Crippen molar-refractivity contribution in [3.05, 3.63) is 23.4 Å². The van der Waals surface area contributed by atoms with Gasteiger partial charge in [0.2, 0.25) is 0 Å². The summed E-state index contributed by atoms with van der Waals surface area (Å²) in [5.41, 5.74) is 7.16. The first kappa shape index (κ1) is 13.6. The number of nitrogens with zero attached hydrogens (tertiary/aromatic N) is 3. The summed E-state index contributed by atoms with van der Waals surface area (Å²) in [5, 5.41) is 12.0. The Hall–Kier alpha value is -1.82. The SMILES string of the molecule is Cc1ccnc(N2CCOC(C)(C)C2)c1/C(N)=N/O. The molecule has 1 aromatic rings. The maximum Gasteiger partial charge on any atom is 0.174 e. The number of rotatable bonds is 2. The van der Waals surface area contributed by atoms with Gasteiger partial charge in [0.25, 0.3) is 0 Å². The van der Waals surface area contributed by atoms with E-state index in [1.165, 1.54) is 0 Å². The number of aromatic nitrogens is 1. The van der Waals surface area contributed by atoms with Crippen molar-refractivity contribution in [3.8, 4) is 0 Å². The number of morpholine rings is 1. The van der Waals surface area contributed by atoms with Gasteiger partial charge >= 0.3 is 0 Å². The Kier molecular flexibility index (Phi) is 3.61. The first-order valence-corrected chi connectivity index (χ1v) is 6.27. The van der Waals surface area contributed by atoms with Crippen LogP contribution in [0.15, 0.2) is 17.4 Å². The Morgan fingerprint density at radius 3 is 2.95 bits per heavy atom. The fraction of sp³-hybridized carbons (Fsp3) is 0.538. The van der Waals surface area contributed by atoms with Crippen LogP contribution in [0.25, 0.3) is 0 Å². The molecule has 2 heterocycles. The lowest BCUT2D eigenvalue weighted by atomic mass is 10.0. The van der Waals surface area contributed by atoms with Crippen molar-refractivity contribution in [2.75, 3.05) is 24.6 Å². The number of amidine groups is 1. The van der Waals surface area contributed by atoms with Gasteiger partial charge in [-0.1, -0.05) is 5.16 Å². The van der Waals surface area contributed by atoms with Gasteiger partial charge in [0.15, 0.2) is 5.84 Å². The molecule has 1 aromatic heterocycles. The predicted molar refractivity (Wildman–Crippen MR) is 73.7 cm³/mol. The van der Waals surface area contributed by atoms with Crippen LogP contribution in [-0.2, 0) is 4.74 Å². The molecule has 6 heteroatoms. The molecule has 1 aliphatic rings. The highest BCUT2D eigenvalue weighted by Gasteiger charge is 2.29. The van der Waals surface area contributed by atoms with Crippen molar-refractivity contribution in [2.24, 2.45) is 10.9 Å². The van der Waals surface area contributed by atoms with Gasteiger partial charge in [-0.25, -0.2) is 4.98 Å². The highest BCUT2D eigenvalue weighted by atomic mass is 16.5. The summed E-state index contributed by atoms with van der Waals surface area (Å²) >= 11 is 0. The summed E-state index contributed by atoms with van der Waals surface area (Å²) in [6, 6.07) is 1.85. The van der Waals surface area contributed by atoms with Crippen molar-refractivity contribution in [3.63, 3.8) is 0 Å². The summed E-state index contributed by atoms with van der Waals surface area (Å²) in [7, 11) is 0. The highest BCUT2D eigenvalue weighted by molar-refractivity contribution is 6.02. The van der Waals surface area contributed by atoms with E-state index < -0.39 is 0 Å². The van der Waals surface area contributed by atoms with Crippen molar-refractivity contribution < 1.29 is 9.94 Å². The van der Waals surface area contributed by atoms with Crippen LogP contribution < -0.4 is 10.6 Å². The lowest BCUT2D eigenvalue weighted by Crippen LogP contribution is -2.49. The number of hydrogen-bond acceptors (Lipinski definition) is 5. The van der Waals surface area contributed by atoms with E-state index in [1.807, 2.05) is 26.8 Å². The van der Waals surface area contributed by atoms with Gasteiger partial charge in [0.1, 0.15) is 5.82 Å². The van der Waals surface area contributed by atoms with Crippen molar-refractivity contribution in [1.82, 2.24) is 4.98 Å². The van der Waals surface area contributed by atoms with E-state index in [4.69, 9.17) is 15.7 Å². The maximum atomic E-state index is 8.93. The first-order valence-electron chi connectivity index (χ1n) is 6.27. The number of hydrogen-bond donors (Lipinski definition) is 2. The Bertz CT molecular complexity index is 499. The second kappa shape index (κ2) is 5.05. The third-order valence-electron chi connectivity index (χ3n) is 3.23.